The van der Waals surface area contributed by atoms with Crippen LogP contribution in [0.2, 0.25) is 0 Å². The summed E-state index contributed by atoms with van der Waals surface area (Å²) in [7, 11) is -3.24. The lowest BCUT2D eigenvalue weighted by Crippen LogP contribution is -2.36. The van der Waals surface area contributed by atoms with Gasteiger partial charge in [-0.1, -0.05) is 31.4 Å². The number of amides is 1. The number of nitrogens with zero attached hydrogens (tertiary/aromatic N) is 1. The van der Waals surface area contributed by atoms with Crippen LogP contribution in [-0.2, 0) is 15.8 Å². The summed E-state index contributed by atoms with van der Waals surface area (Å²) in [6.07, 6.45) is 7.61. The molecule has 1 heterocycles. The van der Waals surface area contributed by atoms with Gasteiger partial charge in [0.1, 0.15) is 0 Å². The molecule has 1 aromatic rings. The molecule has 0 aromatic heterocycles. The number of carbonyl (C=O) groups excluding carboxylic acids is 1. The van der Waals surface area contributed by atoms with Crippen molar-refractivity contribution in [3.63, 3.8) is 0 Å². The van der Waals surface area contributed by atoms with Crippen molar-refractivity contribution >= 4 is 15.9 Å². The molecule has 6 heteroatoms. The van der Waals surface area contributed by atoms with E-state index in [0.717, 1.165) is 31.2 Å². The number of sulfonamides is 1. The Bertz CT molecular complexity index is 658. The molecule has 2 fully saturated rings. The van der Waals surface area contributed by atoms with Crippen LogP contribution in [0.1, 0.15) is 60.9 Å². The van der Waals surface area contributed by atoms with Crippen molar-refractivity contribution in [1.82, 2.24) is 9.62 Å². The van der Waals surface area contributed by atoms with Gasteiger partial charge < -0.3 is 5.32 Å². The normalized spacial score (nSPS) is 20.2. The van der Waals surface area contributed by atoms with Crippen LogP contribution in [0.4, 0.5) is 0 Å². The lowest BCUT2D eigenvalue weighted by molar-refractivity contribution is 0.0927. The first-order valence-electron chi connectivity index (χ1n) is 8.92. The molecule has 1 aliphatic carbocycles. The second kappa shape index (κ2) is 7.66. The van der Waals surface area contributed by atoms with E-state index in [0.29, 0.717) is 18.7 Å². The Hall–Kier alpha value is -1.40. The Kier molecular flexibility index (Phi) is 5.56. The molecule has 0 spiro atoms. The van der Waals surface area contributed by atoms with Gasteiger partial charge in [0.15, 0.2) is 0 Å². The topological polar surface area (TPSA) is 66.5 Å². The number of carbonyl (C=O) groups is 1. The van der Waals surface area contributed by atoms with E-state index in [-0.39, 0.29) is 17.7 Å². The Morgan fingerprint density at radius 2 is 1.62 bits per heavy atom. The summed E-state index contributed by atoms with van der Waals surface area (Å²) in [5, 5.41) is 3.08. The van der Waals surface area contributed by atoms with E-state index in [1.165, 1.54) is 19.3 Å². The zero-order valence-electron chi connectivity index (χ0n) is 14.0. The molecule has 0 bridgehead atoms. The summed E-state index contributed by atoms with van der Waals surface area (Å²) < 4.78 is 26.2. The molecule has 0 radical (unpaired) electrons. The monoisotopic (exact) mass is 350 g/mol. The summed E-state index contributed by atoms with van der Waals surface area (Å²) in [4.78, 5) is 12.3. The average Bonchev–Trinajstić information content (AvgIpc) is 3.11. The van der Waals surface area contributed by atoms with E-state index in [2.05, 4.69) is 5.32 Å². The molecule has 3 rings (SSSR count). The molecule has 2 aliphatic rings. The van der Waals surface area contributed by atoms with Gasteiger partial charge in [0.2, 0.25) is 10.0 Å². The highest BCUT2D eigenvalue weighted by atomic mass is 32.2. The van der Waals surface area contributed by atoms with Gasteiger partial charge in [0, 0.05) is 24.7 Å². The molecule has 0 atom stereocenters. The first-order valence-corrected chi connectivity index (χ1v) is 10.5. The SMILES string of the molecule is O=C(NC1CCCCC1)c1ccc(CS(=O)(=O)N2CCCC2)cc1. The lowest BCUT2D eigenvalue weighted by Gasteiger charge is -2.22. The molecule has 132 valence electrons. The predicted molar refractivity (Wildman–Crippen MR) is 94.2 cm³/mol. The molecule has 0 unspecified atom stereocenters. The highest BCUT2D eigenvalue weighted by Gasteiger charge is 2.25. The zero-order chi connectivity index (χ0) is 17.0. The molecule has 1 saturated heterocycles. The van der Waals surface area contributed by atoms with Crippen molar-refractivity contribution in [2.45, 2.75) is 56.7 Å². The molecular formula is C18H26N2O3S. The minimum atomic E-state index is -3.24. The van der Waals surface area contributed by atoms with Crippen molar-refractivity contribution in [3.8, 4) is 0 Å². The van der Waals surface area contributed by atoms with Gasteiger partial charge in [-0.15, -0.1) is 0 Å². The molecular weight excluding hydrogens is 324 g/mol. The Morgan fingerprint density at radius 3 is 2.25 bits per heavy atom. The van der Waals surface area contributed by atoms with Gasteiger partial charge in [-0.2, -0.15) is 0 Å². The smallest absolute Gasteiger partial charge is 0.251 e. The number of nitrogens with one attached hydrogen (secondary N) is 1. The third-order valence-corrected chi connectivity index (χ3v) is 6.81. The molecule has 1 N–H and O–H groups in total. The Morgan fingerprint density at radius 1 is 1.00 bits per heavy atom. The number of rotatable bonds is 5. The predicted octanol–water partition coefficient (Wildman–Crippen LogP) is 2.67. The van der Waals surface area contributed by atoms with Crippen LogP contribution in [0, 0.1) is 0 Å². The van der Waals surface area contributed by atoms with Crippen molar-refractivity contribution in [3.05, 3.63) is 35.4 Å². The Labute approximate surface area is 144 Å². The van der Waals surface area contributed by atoms with Gasteiger partial charge in [-0.3, -0.25) is 4.79 Å². The first kappa shape index (κ1) is 17.4. The largest absolute Gasteiger partial charge is 0.349 e. The van der Waals surface area contributed by atoms with Crippen molar-refractivity contribution in [2.24, 2.45) is 0 Å². The maximum Gasteiger partial charge on any atom is 0.251 e. The van der Waals surface area contributed by atoms with Crippen LogP contribution in [0.5, 0.6) is 0 Å². The second-order valence-corrected chi connectivity index (χ2v) is 8.84. The number of benzene rings is 1. The van der Waals surface area contributed by atoms with Crippen LogP contribution >= 0.6 is 0 Å². The highest BCUT2D eigenvalue weighted by Crippen LogP contribution is 2.19. The van der Waals surface area contributed by atoms with Gasteiger partial charge >= 0.3 is 0 Å². The third-order valence-electron chi connectivity index (χ3n) is 4.96. The summed E-state index contributed by atoms with van der Waals surface area (Å²) >= 11 is 0. The number of hydrogen-bond donors (Lipinski definition) is 1. The maximum absolute atomic E-state index is 12.3. The van der Waals surface area contributed by atoms with Crippen molar-refractivity contribution in [2.75, 3.05) is 13.1 Å². The first-order chi connectivity index (χ1) is 11.5. The molecule has 1 saturated carbocycles. The zero-order valence-corrected chi connectivity index (χ0v) is 14.9. The van der Waals surface area contributed by atoms with Crippen LogP contribution in [0.15, 0.2) is 24.3 Å². The molecule has 1 aromatic carbocycles. The lowest BCUT2D eigenvalue weighted by atomic mass is 9.95. The van der Waals surface area contributed by atoms with Crippen LogP contribution in [0.25, 0.3) is 0 Å². The summed E-state index contributed by atoms with van der Waals surface area (Å²) in [5.74, 6) is -0.0480. The minimum Gasteiger partial charge on any atom is -0.349 e. The van der Waals surface area contributed by atoms with Crippen LogP contribution < -0.4 is 5.32 Å². The molecule has 1 aliphatic heterocycles. The summed E-state index contributed by atoms with van der Waals surface area (Å²) in [6.45, 7) is 1.26. The van der Waals surface area contributed by atoms with E-state index >= 15 is 0 Å². The van der Waals surface area contributed by atoms with Gasteiger partial charge in [-0.25, -0.2) is 12.7 Å². The molecule has 5 nitrogen and oxygen atoms in total. The maximum atomic E-state index is 12.3. The van der Waals surface area contributed by atoms with E-state index < -0.39 is 10.0 Å². The average molecular weight is 350 g/mol. The highest BCUT2D eigenvalue weighted by molar-refractivity contribution is 7.88. The van der Waals surface area contributed by atoms with Gasteiger partial charge in [0.05, 0.1) is 5.75 Å². The minimum absolute atomic E-state index is 0.0114. The molecule has 24 heavy (non-hydrogen) atoms. The summed E-state index contributed by atoms with van der Waals surface area (Å²) in [5.41, 5.74) is 1.33. The van der Waals surface area contributed by atoms with E-state index in [9.17, 15) is 13.2 Å². The van der Waals surface area contributed by atoms with E-state index in [1.54, 1.807) is 28.6 Å². The van der Waals surface area contributed by atoms with Gasteiger partial charge in [-0.05, 0) is 43.4 Å². The molecule has 1 amide bonds. The third kappa shape index (κ3) is 4.36. The standard InChI is InChI=1S/C18H26N2O3S/c21-18(19-17-6-2-1-3-7-17)16-10-8-15(9-11-16)14-24(22,23)20-12-4-5-13-20/h8-11,17H,1-7,12-14H2,(H,19,21). The fourth-order valence-electron chi connectivity index (χ4n) is 3.54. The van der Waals surface area contributed by atoms with Crippen molar-refractivity contribution in [1.29, 1.82) is 0 Å². The Balaban J connectivity index is 1.59. The number of hydrogen-bond acceptors (Lipinski definition) is 3. The fourth-order valence-corrected chi connectivity index (χ4v) is 5.15. The van der Waals surface area contributed by atoms with Crippen LogP contribution in [0.3, 0.4) is 0 Å². The van der Waals surface area contributed by atoms with E-state index in [1.807, 2.05) is 0 Å². The van der Waals surface area contributed by atoms with E-state index in [4.69, 9.17) is 0 Å². The summed E-state index contributed by atoms with van der Waals surface area (Å²) in [6, 6.07) is 7.24. The second-order valence-electron chi connectivity index (χ2n) is 6.87. The van der Waals surface area contributed by atoms with Gasteiger partial charge in [0.25, 0.3) is 5.91 Å². The fraction of sp³-hybridized carbons (Fsp3) is 0.611. The quantitative estimate of drug-likeness (QED) is 0.888. The van der Waals surface area contributed by atoms with Crippen LogP contribution in [-0.4, -0.2) is 37.8 Å². The van der Waals surface area contributed by atoms with Crippen molar-refractivity contribution < 1.29 is 13.2 Å².